The van der Waals surface area contributed by atoms with E-state index in [2.05, 4.69) is 31.5 Å². The van der Waals surface area contributed by atoms with Gasteiger partial charge in [0.1, 0.15) is 6.04 Å². The molecule has 2 N–H and O–H groups in total. The molecule has 0 bridgehead atoms. The Balaban J connectivity index is 2.00. The molecule has 2 rings (SSSR count). The Kier molecular flexibility index (Phi) is 6.46. The lowest BCUT2D eigenvalue weighted by atomic mass is 10.1. The van der Waals surface area contributed by atoms with Gasteiger partial charge in [-0.3, -0.25) is 4.79 Å². The number of hydrogen-bond donors (Lipinski definition) is 2. The molecular weight excluding hydrogens is 331 g/mol. The molecular formula is C18H21Cl2N2O+. The van der Waals surface area contributed by atoms with E-state index in [1.54, 1.807) is 18.2 Å². The molecule has 3 nitrogen and oxygen atoms in total. The van der Waals surface area contributed by atoms with Crippen molar-refractivity contribution in [3.63, 3.8) is 0 Å². The fourth-order valence-electron chi connectivity index (χ4n) is 2.48. The molecule has 0 heterocycles. The van der Waals surface area contributed by atoms with Gasteiger partial charge in [0.05, 0.1) is 27.1 Å². The maximum atomic E-state index is 12.2. The first-order valence-electron chi connectivity index (χ1n) is 7.53. The summed E-state index contributed by atoms with van der Waals surface area (Å²) < 4.78 is 0. The van der Waals surface area contributed by atoms with Crippen molar-refractivity contribution in [2.24, 2.45) is 0 Å². The summed E-state index contributed by atoms with van der Waals surface area (Å²) in [5, 5.41) is 4.03. The van der Waals surface area contributed by atoms with Crippen molar-refractivity contribution in [2.75, 3.05) is 20.6 Å². The minimum absolute atomic E-state index is 0.0813. The molecule has 0 aliphatic rings. The molecule has 0 aromatic heterocycles. The lowest BCUT2D eigenvalue weighted by Gasteiger charge is -2.22. The summed E-state index contributed by atoms with van der Waals surface area (Å²) in [6.45, 7) is 0.563. The Hall–Kier alpha value is -1.55. The standard InChI is InChI=1S/C18H20Cl2N2O/c1-22(2)17(13-7-4-3-5-8-13)12-21-18(23)11-14-15(19)9-6-10-16(14)20/h3-10,17H,11-12H2,1-2H3,(H,21,23)/p+1/t17-/m1/s1. The zero-order valence-corrected chi connectivity index (χ0v) is 14.8. The highest BCUT2D eigenvalue weighted by Crippen LogP contribution is 2.24. The Bertz CT molecular complexity index is 639. The van der Waals surface area contributed by atoms with Gasteiger partial charge >= 0.3 is 0 Å². The van der Waals surface area contributed by atoms with Crippen LogP contribution in [-0.2, 0) is 11.2 Å². The van der Waals surface area contributed by atoms with Crippen LogP contribution >= 0.6 is 23.2 Å². The van der Waals surface area contributed by atoms with Gasteiger partial charge in [0, 0.05) is 15.6 Å². The second-order valence-electron chi connectivity index (χ2n) is 5.72. The molecule has 0 radical (unpaired) electrons. The molecule has 0 saturated carbocycles. The molecule has 0 saturated heterocycles. The number of nitrogens with one attached hydrogen (secondary N) is 2. The maximum Gasteiger partial charge on any atom is 0.224 e. The van der Waals surface area contributed by atoms with Crippen LogP contribution in [0.25, 0.3) is 0 Å². The monoisotopic (exact) mass is 351 g/mol. The van der Waals surface area contributed by atoms with Gasteiger partial charge in [-0.05, 0) is 17.7 Å². The molecule has 0 aliphatic carbocycles. The number of hydrogen-bond acceptors (Lipinski definition) is 1. The van der Waals surface area contributed by atoms with Crippen LogP contribution in [0.5, 0.6) is 0 Å². The van der Waals surface area contributed by atoms with Crippen molar-refractivity contribution in [1.29, 1.82) is 0 Å². The number of quaternary nitrogens is 1. The van der Waals surface area contributed by atoms with Gasteiger partial charge in [-0.15, -0.1) is 0 Å². The Morgan fingerprint density at radius 2 is 1.65 bits per heavy atom. The summed E-state index contributed by atoms with van der Waals surface area (Å²) in [5.74, 6) is -0.0813. The summed E-state index contributed by atoms with van der Waals surface area (Å²) in [5.41, 5.74) is 1.87. The summed E-state index contributed by atoms with van der Waals surface area (Å²) in [7, 11) is 4.16. The van der Waals surface area contributed by atoms with Crippen molar-refractivity contribution in [3.8, 4) is 0 Å². The zero-order chi connectivity index (χ0) is 16.8. The minimum atomic E-state index is -0.0813. The first kappa shape index (κ1) is 17.8. The molecule has 0 unspecified atom stereocenters. The van der Waals surface area contributed by atoms with E-state index in [1.165, 1.54) is 10.5 Å². The molecule has 0 aliphatic heterocycles. The van der Waals surface area contributed by atoms with Crippen LogP contribution in [0.15, 0.2) is 48.5 Å². The number of halogens is 2. The Morgan fingerprint density at radius 3 is 2.22 bits per heavy atom. The number of rotatable bonds is 6. The molecule has 0 spiro atoms. The third kappa shape index (κ3) is 4.96. The maximum absolute atomic E-state index is 12.2. The number of benzene rings is 2. The highest BCUT2D eigenvalue weighted by atomic mass is 35.5. The quantitative estimate of drug-likeness (QED) is 0.823. The highest BCUT2D eigenvalue weighted by Gasteiger charge is 2.19. The van der Waals surface area contributed by atoms with Gasteiger partial charge in [0.25, 0.3) is 0 Å². The van der Waals surface area contributed by atoms with E-state index < -0.39 is 0 Å². The van der Waals surface area contributed by atoms with Gasteiger partial charge in [0.2, 0.25) is 5.91 Å². The average molecular weight is 352 g/mol. The molecule has 0 fully saturated rings. The summed E-state index contributed by atoms with van der Waals surface area (Å²) in [4.78, 5) is 13.5. The number of carbonyl (C=O) groups is 1. The second-order valence-corrected chi connectivity index (χ2v) is 6.54. The van der Waals surface area contributed by atoms with Gasteiger partial charge in [-0.1, -0.05) is 59.6 Å². The third-order valence-electron chi connectivity index (χ3n) is 3.80. The van der Waals surface area contributed by atoms with Gasteiger partial charge < -0.3 is 10.2 Å². The van der Waals surface area contributed by atoms with Crippen LogP contribution in [0.1, 0.15) is 17.2 Å². The number of amides is 1. The second kappa shape index (κ2) is 8.34. The van der Waals surface area contributed by atoms with E-state index in [4.69, 9.17) is 23.2 Å². The topological polar surface area (TPSA) is 33.5 Å². The van der Waals surface area contributed by atoms with E-state index in [1.807, 2.05) is 18.2 Å². The van der Waals surface area contributed by atoms with Crippen LogP contribution in [0.4, 0.5) is 0 Å². The van der Waals surface area contributed by atoms with E-state index in [0.717, 1.165) is 0 Å². The first-order chi connectivity index (χ1) is 11.0. The van der Waals surface area contributed by atoms with Crippen LogP contribution in [0.3, 0.4) is 0 Å². The van der Waals surface area contributed by atoms with Crippen LogP contribution in [0.2, 0.25) is 10.0 Å². The smallest absolute Gasteiger partial charge is 0.224 e. The number of carbonyl (C=O) groups excluding carboxylic acids is 1. The van der Waals surface area contributed by atoms with Crippen LogP contribution in [0, 0.1) is 0 Å². The molecule has 23 heavy (non-hydrogen) atoms. The fourth-order valence-corrected chi connectivity index (χ4v) is 3.01. The first-order valence-corrected chi connectivity index (χ1v) is 8.29. The Labute approximate surface area is 147 Å². The summed E-state index contributed by atoms with van der Waals surface area (Å²) in [6.07, 6.45) is 0.183. The lowest BCUT2D eigenvalue weighted by Crippen LogP contribution is -3.07. The van der Waals surface area contributed by atoms with Crippen molar-refractivity contribution in [1.82, 2.24) is 5.32 Å². The molecule has 1 atom stereocenters. The normalized spacial score (nSPS) is 12.2. The summed E-state index contributed by atoms with van der Waals surface area (Å²) >= 11 is 12.2. The zero-order valence-electron chi connectivity index (χ0n) is 13.3. The van der Waals surface area contributed by atoms with Crippen LogP contribution in [-0.4, -0.2) is 26.5 Å². The van der Waals surface area contributed by atoms with Crippen molar-refractivity contribution in [2.45, 2.75) is 12.5 Å². The molecule has 2 aromatic carbocycles. The predicted octanol–water partition coefficient (Wildman–Crippen LogP) is 2.54. The van der Waals surface area contributed by atoms with Crippen molar-refractivity contribution >= 4 is 29.1 Å². The molecule has 2 aromatic rings. The van der Waals surface area contributed by atoms with E-state index in [9.17, 15) is 4.79 Å². The predicted molar refractivity (Wildman–Crippen MR) is 95.2 cm³/mol. The van der Waals surface area contributed by atoms with Crippen LogP contribution < -0.4 is 10.2 Å². The molecule has 122 valence electrons. The van der Waals surface area contributed by atoms with E-state index >= 15 is 0 Å². The highest BCUT2D eigenvalue weighted by molar-refractivity contribution is 6.36. The fraction of sp³-hybridized carbons (Fsp3) is 0.278. The van der Waals surface area contributed by atoms with E-state index in [-0.39, 0.29) is 18.4 Å². The van der Waals surface area contributed by atoms with Gasteiger partial charge in [0.15, 0.2) is 0 Å². The lowest BCUT2D eigenvalue weighted by molar-refractivity contribution is -0.890. The average Bonchev–Trinajstić information content (AvgIpc) is 2.52. The summed E-state index contributed by atoms with van der Waals surface area (Å²) in [6, 6.07) is 15.6. The van der Waals surface area contributed by atoms with Crippen molar-refractivity contribution < 1.29 is 9.69 Å². The van der Waals surface area contributed by atoms with Gasteiger partial charge in [-0.2, -0.15) is 0 Å². The van der Waals surface area contributed by atoms with E-state index in [0.29, 0.717) is 22.2 Å². The number of likely N-dealkylation sites (N-methyl/N-ethyl adjacent to an activating group) is 1. The largest absolute Gasteiger partial charge is 0.349 e. The Morgan fingerprint density at radius 1 is 1.04 bits per heavy atom. The van der Waals surface area contributed by atoms with Crippen molar-refractivity contribution in [3.05, 3.63) is 69.7 Å². The van der Waals surface area contributed by atoms with Gasteiger partial charge in [-0.25, -0.2) is 0 Å². The minimum Gasteiger partial charge on any atom is -0.349 e. The SMILES string of the molecule is C[NH+](C)[C@H](CNC(=O)Cc1c(Cl)cccc1Cl)c1ccccc1. The molecule has 5 heteroatoms. The molecule has 1 amide bonds. The third-order valence-corrected chi connectivity index (χ3v) is 4.51.